The van der Waals surface area contributed by atoms with Crippen LogP contribution in [0.15, 0.2) is 53.4 Å². The first kappa shape index (κ1) is 19.4. The van der Waals surface area contributed by atoms with Crippen molar-refractivity contribution in [2.45, 2.75) is 25.2 Å². The summed E-state index contributed by atoms with van der Waals surface area (Å²) in [5, 5.41) is 0. The van der Waals surface area contributed by atoms with Crippen LogP contribution in [0.3, 0.4) is 0 Å². The van der Waals surface area contributed by atoms with E-state index in [0.717, 1.165) is 17.0 Å². The van der Waals surface area contributed by atoms with Gasteiger partial charge in [0.05, 0.1) is 11.5 Å². The van der Waals surface area contributed by atoms with Gasteiger partial charge in [0.15, 0.2) is 0 Å². The second-order valence-corrected chi connectivity index (χ2v) is 8.43. The van der Waals surface area contributed by atoms with Gasteiger partial charge in [-0.05, 0) is 56.2 Å². The normalized spacial score (nSPS) is 17.3. The number of hydrogen-bond acceptors (Lipinski definition) is 4. The van der Waals surface area contributed by atoms with E-state index in [4.69, 9.17) is 4.74 Å². The molecule has 1 amide bonds. The molecule has 1 saturated heterocycles. The van der Waals surface area contributed by atoms with Gasteiger partial charge in [-0.25, -0.2) is 13.1 Å². The molecule has 7 heteroatoms. The number of sulfonamides is 1. The van der Waals surface area contributed by atoms with Crippen molar-refractivity contribution in [1.29, 1.82) is 0 Å². The monoisotopic (exact) mass is 388 g/mol. The molecule has 1 aliphatic heterocycles. The number of rotatable bonds is 7. The molecule has 1 N–H and O–H groups in total. The molecule has 3 rings (SSSR count). The fraction of sp³-hybridized carbons (Fsp3) is 0.350. The van der Waals surface area contributed by atoms with Crippen molar-refractivity contribution in [3.05, 3.63) is 54.1 Å². The molecule has 0 aliphatic carbocycles. The van der Waals surface area contributed by atoms with Crippen LogP contribution in [0.4, 0.5) is 5.69 Å². The average Bonchev–Trinajstić information content (AvgIpc) is 3.02. The van der Waals surface area contributed by atoms with Crippen LogP contribution >= 0.6 is 0 Å². The summed E-state index contributed by atoms with van der Waals surface area (Å²) in [4.78, 5) is 14.3. The highest BCUT2D eigenvalue weighted by Crippen LogP contribution is 2.27. The lowest BCUT2D eigenvalue weighted by Crippen LogP contribution is -2.31. The minimum Gasteiger partial charge on any atom is -0.494 e. The van der Waals surface area contributed by atoms with E-state index in [1.54, 1.807) is 29.2 Å². The first-order valence-corrected chi connectivity index (χ1v) is 10.5. The van der Waals surface area contributed by atoms with Crippen molar-refractivity contribution in [1.82, 2.24) is 4.72 Å². The summed E-state index contributed by atoms with van der Waals surface area (Å²) < 4.78 is 32.9. The predicted molar refractivity (Wildman–Crippen MR) is 104 cm³/mol. The third kappa shape index (κ3) is 4.67. The molecular formula is C20H24N2O4S. The Kier molecular flexibility index (Phi) is 5.82. The topological polar surface area (TPSA) is 75.7 Å². The number of ether oxygens (including phenoxy) is 1. The van der Waals surface area contributed by atoms with Gasteiger partial charge in [0.2, 0.25) is 15.9 Å². The Morgan fingerprint density at radius 2 is 1.78 bits per heavy atom. The number of aryl methyl sites for hydroxylation is 1. The molecule has 0 unspecified atom stereocenters. The van der Waals surface area contributed by atoms with Crippen LogP contribution in [0.25, 0.3) is 0 Å². The average molecular weight is 388 g/mol. The van der Waals surface area contributed by atoms with Crippen LogP contribution in [0.2, 0.25) is 0 Å². The van der Waals surface area contributed by atoms with E-state index in [1.807, 2.05) is 38.1 Å². The van der Waals surface area contributed by atoms with Crippen molar-refractivity contribution in [3.8, 4) is 5.75 Å². The van der Waals surface area contributed by atoms with Crippen molar-refractivity contribution >= 4 is 21.6 Å². The summed E-state index contributed by atoms with van der Waals surface area (Å²) in [6.45, 7) is 5.13. The van der Waals surface area contributed by atoms with Gasteiger partial charge in [0, 0.05) is 25.2 Å². The summed E-state index contributed by atoms with van der Waals surface area (Å²) >= 11 is 0. The fourth-order valence-corrected chi connectivity index (χ4v) is 4.20. The number of carbonyl (C=O) groups excluding carboxylic acids is 1. The first-order chi connectivity index (χ1) is 12.9. The lowest BCUT2D eigenvalue weighted by molar-refractivity contribution is -0.117. The van der Waals surface area contributed by atoms with Crippen LogP contribution in [-0.4, -0.2) is 34.0 Å². The van der Waals surface area contributed by atoms with Gasteiger partial charge in [0.1, 0.15) is 5.75 Å². The second-order valence-electron chi connectivity index (χ2n) is 6.67. The van der Waals surface area contributed by atoms with E-state index in [2.05, 4.69) is 4.72 Å². The van der Waals surface area contributed by atoms with Crippen molar-refractivity contribution in [2.75, 3.05) is 24.6 Å². The molecular weight excluding hydrogens is 364 g/mol. The van der Waals surface area contributed by atoms with Gasteiger partial charge in [-0.1, -0.05) is 17.7 Å². The van der Waals surface area contributed by atoms with Gasteiger partial charge in [-0.2, -0.15) is 0 Å². The Morgan fingerprint density at radius 3 is 2.41 bits per heavy atom. The molecule has 144 valence electrons. The Balaban J connectivity index is 1.61. The summed E-state index contributed by atoms with van der Waals surface area (Å²) in [6.07, 6.45) is 0.323. The third-order valence-electron chi connectivity index (χ3n) is 4.56. The predicted octanol–water partition coefficient (Wildman–Crippen LogP) is 2.73. The van der Waals surface area contributed by atoms with E-state index < -0.39 is 10.0 Å². The lowest BCUT2D eigenvalue weighted by atomic mass is 10.1. The zero-order valence-corrected chi connectivity index (χ0v) is 16.3. The Labute approximate surface area is 160 Å². The molecule has 6 nitrogen and oxygen atoms in total. The number of anilines is 1. The highest BCUT2D eigenvalue weighted by molar-refractivity contribution is 7.89. The zero-order chi connectivity index (χ0) is 19.4. The summed E-state index contributed by atoms with van der Waals surface area (Å²) in [6, 6.07) is 14.1. The molecule has 1 heterocycles. The molecule has 27 heavy (non-hydrogen) atoms. The molecule has 0 bridgehead atoms. The maximum Gasteiger partial charge on any atom is 0.240 e. The van der Waals surface area contributed by atoms with Crippen molar-refractivity contribution in [3.63, 3.8) is 0 Å². The lowest BCUT2D eigenvalue weighted by Gasteiger charge is -2.17. The van der Waals surface area contributed by atoms with E-state index in [1.165, 1.54) is 0 Å². The smallest absolute Gasteiger partial charge is 0.240 e. The number of hydrogen-bond donors (Lipinski definition) is 1. The SMILES string of the molecule is CCOc1ccc(N2C[C@H](CNS(=O)(=O)c3ccc(C)cc3)CC2=O)cc1. The first-order valence-electron chi connectivity index (χ1n) is 8.98. The van der Waals surface area contributed by atoms with Gasteiger partial charge in [-0.15, -0.1) is 0 Å². The maximum atomic E-state index is 12.4. The number of nitrogens with zero attached hydrogens (tertiary/aromatic N) is 1. The Hall–Kier alpha value is -2.38. The molecule has 1 fully saturated rings. The Morgan fingerprint density at radius 1 is 1.11 bits per heavy atom. The van der Waals surface area contributed by atoms with E-state index >= 15 is 0 Å². The highest BCUT2D eigenvalue weighted by Gasteiger charge is 2.31. The van der Waals surface area contributed by atoms with Crippen LogP contribution in [0.1, 0.15) is 18.9 Å². The molecule has 1 atom stereocenters. The van der Waals surface area contributed by atoms with E-state index in [-0.39, 0.29) is 23.3 Å². The summed E-state index contributed by atoms with van der Waals surface area (Å²) in [5.74, 6) is 0.693. The zero-order valence-electron chi connectivity index (χ0n) is 15.5. The maximum absolute atomic E-state index is 12.4. The van der Waals surface area contributed by atoms with E-state index in [9.17, 15) is 13.2 Å². The standard InChI is InChI=1S/C20H24N2O4S/c1-3-26-18-8-6-17(7-9-18)22-14-16(12-20(22)23)13-21-27(24,25)19-10-4-15(2)5-11-19/h4-11,16,21H,3,12-14H2,1-2H3/t16-/m0/s1. The van der Waals surface area contributed by atoms with Crippen LogP contribution < -0.4 is 14.4 Å². The summed E-state index contributed by atoms with van der Waals surface area (Å²) in [5.41, 5.74) is 1.80. The van der Waals surface area contributed by atoms with Gasteiger partial charge < -0.3 is 9.64 Å². The molecule has 0 aromatic heterocycles. The van der Waals surface area contributed by atoms with Crippen molar-refractivity contribution in [2.24, 2.45) is 5.92 Å². The Bertz CT molecular complexity index is 893. The number of benzene rings is 2. The summed E-state index contributed by atoms with van der Waals surface area (Å²) in [7, 11) is -3.57. The van der Waals surface area contributed by atoms with Gasteiger partial charge in [-0.3, -0.25) is 4.79 Å². The minimum absolute atomic E-state index is 0.00121. The number of amides is 1. The third-order valence-corrected chi connectivity index (χ3v) is 6.00. The molecule has 0 saturated carbocycles. The molecule has 0 radical (unpaired) electrons. The highest BCUT2D eigenvalue weighted by atomic mass is 32.2. The molecule has 1 aliphatic rings. The van der Waals surface area contributed by atoms with Gasteiger partial charge in [0.25, 0.3) is 0 Å². The molecule has 2 aromatic rings. The van der Waals surface area contributed by atoms with Crippen LogP contribution in [0.5, 0.6) is 5.75 Å². The van der Waals surface area contributed by atoms with Crippen molar-refractivity contribution < 1.29 is 17.9 Å². The largest absolute Gasteiger partial charge is 0.494 e. The quantitative estimate of drug-likeness (QED) is 0.791. The second kappa shape index (κ2) is 8.10. The minimum atomic E-state index is -3.57. The number of nitrogens with one attached hydrogen (secondary N) is 1. The fourth-order valence-electron chi connectivity index (χ4n) is 3.09. The van der Waals surface area contributed by atoms with Crippen LogP contribution in [0, 0.1) is 12.8 Å². The molecule has 2 aromatic carbocycles. The van der Waals surface area contributed by atoms with E-state index in [0.29, 0.717) is 19.6 Å². The van der Waals surface area contributed by atoms with Crippen LogP contribution in [-0.2, 0) is 14.8 Å². The number of carbonyl (C=O) groups is 1. The molecule has 0 spiro atoms. The van der Waals surface area contributed by atoms with Gasteiger partial charge >= 0.3 is 0 Å².